The fourth-order valence-corrected chi connectivity index (χ4v) is 1.27. The van der Waals surface area contributed by atoms with Crippen LogP contribution in [0, 0.1) is 6.92 Å². The zero-order valence-electron chi connectivity index (χ0n) is 8.83. The second-order valence-electron chi connectivity index (χ2n) is 3.07. The van der Waals surface area contributed by atoms with Crippen LogP contribution in [-0.2, 0) is 11.2 Å². The molecule has 0 aliphatic carbocycles. The summed E-state index contributed by atoms with van der Waals surface area (Å²) in [5.41, 5.74) is 2.64. The fraction of sp³-hybridized carbons (Fsp3) is 0.455. The Morgan fingerprint density at radius 3 is 2.71 bits per heavy atom. The molecule has 3 nitrogen and oxygen atoms in total. The Hall–Kier alpha value is -1.38. The average molecular weight is 193 g/mol. The van der Waals surface area contributed by atoms with Crippen molar-refractivity contribution in [3.63, 3.8) is 0 Å². The first-order valence-electron chi connectivity index (χ1n) is 4.81. The molecule has 1 aromatic heterocycles. The monoisotopic (exact) mass is 193 g/mol. The molecule has 1 rings (SSSR count). The van der Waals surface area contributed by atoms with E-state index in [1.807, 2.05) is 6.92 Å². The Balaban J connectivity index is 2.91. The molecule has 0 amide bonds. The molecule has 0 atom stereocenters. The van der Waals surface area contributed by atoms with Crippen LogP contribution in [0.2, 0.25) is 0 Å². The Morgan fingerprint density at radius 1 is 1.50 bits per heavy atom. The normalized spacial score (nSPS) is 9.93. The van der Waals surface area contributed by atoms with Gasteiger partial charge in [0.25, 0.3) is 0 Å². The van der Waals surface area contributed by atoms with Gasteiger partial charge < -0.3 is 4.74 Å². The van der Waals surface area contributed by atoms with Crippen molar-refractivity contribution in [1.82, 2.24) is 4.98 Å². The third kappa shape index (κ3) is 2.31. The predicted octanol–water partition coefficient (Wildman–Crippen LogP) is 2.13. The van der Waals surface area contributed by atoms with Gasteiger partial charge in [-0.05, 0) is 37.5 Å². The highest BCUT2D eigenvalue weighted by Gasteiger charge is 2.08. The first-order chi connectivity index (χ1) is 6.69. The molecule has 0 radical (unpaired) electrons. The molecule has 0 spiro atoms. The highest BCUT2D eigenvalue weighted by Crippen LogP contribution is 2.09. The van der Waals surface area contributed by atoms with Crippen molar-refractivity contribution < 1.29 is 9.53 Å². The minimum atomic E-state index is -0.349. The van der Waals surface area contributed by atoms with Gasteiger partial charge in [0.05, 0.1) is 6.61 Å². The summed E-state index contributed by atoms with van der Waals surface area (Å²) in [6, 6.07) is 1.77. The molecule has 0 aliphatic rings. The lowest BCUT2D eigenvalue weighted by Gasteiger charge is -2.05. The summed E-state index contributed by atoms with van der Waals surface area (Å²) < 4.78 is 4.85. The number of rotatable bonds is 3. The van der Waals surface area contributed by atoms with Gasteiger partial charge in [-0.3, -0.25) is 0 Å². The van der Waals surface area contributed by atoms with Gasteiger partial charge in [-0.25, -0.2) is 9.78 Å². The Labute approximate surface area is 84.1 Å². The molecule has 1 heterocycles. The molecule has 0 bridgehead atoms. The van der Waals surface area contributed by atoms with E-state index >= 15 is 0 Å². The molecule has 0 unspecified atom stereocenters. The molecule has 0 saturated carbocycles. The highest BCUT2D eigenvalue weighted by atomic mass is 16.5. The minimum absolute atomic E-state index is 0.349. The van der Waals surface area contributed by atoms with Crippen LogP contribution in [0.3, 0.4) is 0 Å². The number of aromatic nitrogens is 1. The molecule has 0 fully saturated rings. The first-order valence-corrected chi connectivity index (χ1v) is 4.81. The van der Waals surface area contributed by atoms with E-state index in [0.717, 1.165) is 17.5 Å². The van der Waals surface area contributed by atoms with Gasteiger partial charge in [0.15, 0.2) is 0 Å². The van der Waals surface area contributed by atoms with Crippen LogP contribution in [0.25, 0.3) is 0 Å². The van der Waals surface area contributed by atoms with E-state index in [9.17, 15) is 4.79 Å². The van der Waals surface area contributed by atoms with Gasteiger partial charge in [-0.15, -0.1) is 0 Å². The molecule has 0 saturated heterocycles. The number of hydrogen-bond donors (Lipinski definition) is 0. The average Bonchev–Trinajstić information content (AvgIpc) is 2.18. The molecule has 3 heteroatoms. The molecule has 0 aromatic carbocycles. The molecule has 14 heavy (non-hydrogen) atoms. The van der Waals surface area contributed by atoms with E-state index in [1.54, 1.807) is 19.2 Å². The largest absolute Gasteiger partial charge is 0.461 e. The van der Waals surface area contributed by atoms with Crippen LogP contribution in [0.1, 0.15) is 35.5 Å². The first kappa shape index (κ1) is 10.7. The molecule has 1 aromatic rings. The maximum absolute atomic E-state index is 11.3. The number of pyridine rings is 1. The lowest BCUT2D eigenvalue weighted by molar-refractivity contribution is 0.0519. The van der Waals surface area contributed by atoms with Crippen LogP contribution in [0.4, 0.5) is 0 Å². The van der Waals surface area contributed by atoms with Crippen molar-refractivity contribution in [3.05, 3.63) is 29.1 Å². The zero-order valence-corrected chi connectivity index (χ0v) is 8.83. The Bertz CT molecular complexity index is 334. The van der Waals surface area contributed by atoms with Gasteiger partial charge in [-0.2, -0.15) is 0 Å². The molecule has 76 valence electrons. The quantitative estimate of drug-likeness (QED) is 0.690. The van der Waals surface area contributed by atoms with Crippen molar-refractivity contribution in [2.24, 2.45) is 0 Å². The summed E-state index contributed by atoms with van der Waals surface area (Å²) in [6.07, 6.45) is 2.67. The SMILES string of the molecule is CCOC(=O)c1cc(C)c(CC)cn1. The lowest BCUT2D eigenvalue weighted by atomic mass is 10.1. The molecular weight excluding hydrogens is 178 g/mol. The molecule has 0 aliphatic heterocycles. The van der Waals surface area contributed by atoms with E-state index in [0.29, 0.717) is 12.3 Å². The second kappa shape index (κ2) is 4.74. The third-order valence-electron chi connectivity index (χ3n) is 2.08. The highest BCUT2D eigenvalue weighted by molar-refractivity contribution is 5.87. The van der Waals surface area contributed by atoms with E-state index in [1.165, 1.54) is 0 Å². The van der Waals surface area contributed by atoms with Crippen molar-refractivity contribution >= 4 is 5.97 Å². The van der Waals surface area contributed by atoms with Crippen molar-refractivity contribution in [3.8, 4) is 0 Å². The number of nitrogens with zero attached hydrogens (tertiary/aromatic N) is 1. The minimum Gasteiger partial charge on any atom is -0.461 e. The van der Waals surface area contributed by atoms with Gasteiger partial charge in [-0.1, -0.05) is 6.92 Å². The van der Waals surface area contributed by atoms with E-state index < -0.39 is 0 Å². The number of carbonyl (C=O) groups is 1. The van der Waals surface area contributed by atoms with Crippen LogP contribution in [0.15, 0.2) is 12.3 Å². The van der Waals surface area contributed by atoms with E-state index in [-0.39, 0.29) is 5.97 Å². The van der Waals surface area contributed by atoms with Crippen molar-refractivity contribution in [2.45, 2.75) is 27.2 Å². The predicted molar refractivity (Wildman–Crippen MR) is 54.3 cm³/mol. The van der Waals surface area contributed by atoms with Gasteiger partial charge >= 0.3 is 5.97 Å². The smallest absolute Gasteiger partial charge is 0.356 e. The number of esters is 1. The van der Waals surface area contributed by atoms with Crippen molar-refractivity contribution in [1.29, 1.82) is 0 Å². The van der Waals surface area contributed by atoms with Gasteiger partial charge in [0.1, 0.15) is 5.69 Å². The van der Waals surface area contributed by atoms with E-state index in [2.05, 4.69) is 11.9 Å². The standard InChI is InChI=1S/C11H15NO2/c1-4-9-7-12-10(6-8(9)3)11(13)14-5-2/h6-7H,4-5H2,1-3H3. The topological polar surface area (TPSA) is 39.2 Å². The number of hydrogen-bond acceptors (Lipinski definition) is 3. The molecule has 0 N–H and O–H groups in total. The summed E-state index contributed by atoms with van der Waals surface area (Å²) in [4.78, 5) is 15.4. The van der Waals surface area contributed by atoms with Crippen LogP contribution in [-0.4, -0.2) is 17.6 Å². The number of aryl methyl sites for hydroxylation is 2. The summed E-state index contributed by atoms with van der Waals surface area (Å²) in [5.74, 6) is -0.349. The number of carbonyl (C=O) groups excluding carboxylic acids is 1. The summed E-state index contributed by atoms with van der Waals surface area (Å²) in [6.45, 7) is 6.21. The lowest BCUT2D eigenvalue weighted by Crippen LogP contribution is -2.07. The zero-order chi connectivity index (χ0) is 10.6. The summed E-state index contributed by atoms with van der Waals surface area (Å²) in [5, 5.41) is 0. The fourth-order valence-electron chi connectivity index (χ4n) is 1.27. The van der Waals surface area contributed by atoms with Crippen LogP contribution >= 0.6 is 0 Å². The van der Waals surface area contributed by atoms with Gasteiger partial charge in [0.2, 0.25) is 0 Å². The Morgan fingerprint density at radius 2 is 2.21 bits per heavy atom. The number of ether oxygens (including phenoxy) is 1. The Kier molecular flexibility index (Phi) is 3.63. The maximum atomic E-state index is 11.3. The van der Waals surface area contributed by atoms with Crippen LogP contribution < -0.4 is 0 Å². The van der Waals surface area contributed by atoms with Gasteiger partial charge in [0, 0.05) is 6.20 Å². The summed E-state index contributed by atoms with van der Waals surface area (Å²) >= 11 is 0. The van der Waals surface area contributed by atoms with Crippen LogP contribution in [0.5, 0.6) is 0 Å². The maximum Gasteiger partial charge on any atom is 0.356 e. The molecular formula is C11H15NO2. The summed E-state index contributed by atoms with van der Waals surface area (Å²) in [7, 11) is 0. The van der Waals surface area contributed by atoms with E-state index in [4.69, 9.17) is 4.74 Å². The third-order valence-corrected chi connectivity index (χ3v) is 2.08. The van der Waals surface area contributed by atoms with Crippen molar-refractivity contribution in [2.75, 3.05) is 6.61 Å². The second-order valence-corrected chi connectivity index (χ2v) is 3.07.